The van der Waals surface area contributed by atoms with Crippen LogP contribution in [0.1, 0.15) is 60.9 Å². The third-order valence-electron chi connectivity index (χ3n) is 4.95. The Bertz CT molecular complexity index is 656. The molecule has 0 spiro atoms. The Balaban J connectivity index is 0.00000192. The summed E-state index contributed by atoms with van der Waals surface area (Å²) in [6, 6.07) is 6.14. The third-order valence-corrected chi connectivity index (χ3v) is 4.95. The second-order valence-electron chi connectivity index (χ2n) is 6.61. The maximum atomic E-state index is 12.3. The van der Waals surface area contributed by atoms with Crippen molar-refractivity contribution in [2.75, 3.05) is 20.1 Å². The quantitative estimate of drug-likeness (QED) is 0.799. The van der Waals surface area contributed by atoms with Gasteiger partial charge in [0.25, 0.3) is 0 Å². The summed E-state index contributed by atoms with van der Waals surface area (Å²) in [5, 5.41) is 1.25. The van der Waals surface area contributed by atoms with Crippen LogP contribution in [0.2, 0.25) is 0 Å². The van der Waals surface area contributed by atoms with Gasteiger partial charge in [-0.05, 0) is 69.1 Å². The van der Waals surface area contributed by atoms with E-state index in [2.05, 4.69) is 42.2 Å². The highest BCUT2D eigenvalue weighted by molar-refractivity contribution is 6.00. The summed E-state index contributed by atoms with van der Waals surface area (Å²) in [7, 11) is 2.19. The van der Waals surface area contributed by atoms with E-state index in [1.165, 1.54) is 23.8 Å². The van der Waals surface area contributed by atoms with E-state index in [4.69, 9.17) is 0 Å². The first-order chi connectivity index (χ1) is 10.7. The molecule has 0 bridgehead atoms. The van der Waals surface area contributed by atoms with Gasteiger partial charge < -0.3 is 9.88 Å². The predicted octanol–water partition coefficient (Wildman–Crippen LogP) is 4.77. The van der Waals surface area contributed by atoms with Crippen LogP contribution in [0.4, 0.5) is 0 Å². The zero-order valence-electron chi connectivity index (χ0n) is 14.1. The van der Waals surface area contributed by atoms with E-state index in [0.717, 1.165) is 37.0 Å². The third kappa shape index (κ3) is 3.96. The summed E-state index contributed by atoms with van der Waals surface area (Å²) in [5.41, 5.74) is 3.42. The largest absolute Gasteiger partial charge is 0.361 e. The molecule has 1 N–H and O–H groups in total. The van der Waals surface area contributed by atoms with Gasteiger partial charge in [0.1, 0.15) is 0 Å². The summed E-state index contributed by atoms with van der Waals surface area (Å²) in [6.45, 7) is 4.44. The minimum Gasteiger partial charge on any atom is -0.361 e. The van der Waals surface area contributed by atoms with E-state index in [-0.39, 0.29) is 18.2 Å². The summed E-state index contributed by atoms with van der Waals surface area (Å²) in [5.74, 6) is 0.894. The Hall–Kier alpha value is -1.32. The van der Waals surface area contributed by atoms with Gasteiger partial charge >= 0.3 is 0 Å². The molecule has 1 saturated heterocycles. The molecule has 0 atom stereocenters. The summed E-state index contributed by atoms with van der Waals surface area (Å²) < 4.78 is 0. The van der Waals surface area contributed by atoms with Crippen molar-refractivity contribution in [3.63, 3.8) is 0 Å². The predicted molar refractivity (Wildman–Crippen MR) is 98.9 cm³/mol. The van der Waals surface area contributed by atoms with Gasteiger partial charge in [0.2, 0.25) is 0 Å². The van der Waals surface area contributed by atoms with Crippen LogP contribution in [0.15, 0.2) is 24.4 Å². The van der Waals surface area contributed by atoms with E-state index in [0.29, 0.717) is 12.3 Å². The van der Waals surface area contributed by atoms with Crippen LogP contribution in [0.25, 0.3) is 10.9 Å². The Morgan fingerprint density at radius 2 is 2.04 bits per heavy atom. The highest BCUT2D eigenvalue weighted by Crippen LogP contribution is 2.33. The number of carbonyl (C=O) groups excluding carboxylic acids is 1. The number of fused-ring (bicyclic) bond motifs is 1. The van der Waals surface area contributed by atoms with Crippen molar-refractivity contribution in [3.05, 3.63) is 35.5 Å². The number of nitrogens with zero attached hydrogens (tertiary/aromatic N) is 1. The monoisotopic (exact) mass is 334 g/mol. The number of likely N-dealkylation sites (tertiary alicyclic amines) is 1. The molecule has 1 aromatic heterocycles. The number of rotatable bonds is 5. The second kappa shape index (κ2) is 7.98. The van der Waals surface area contributed by atoms with Gasteiger partial charge in [-0.3, -0.25) is 4.79 Å². The van der Waals surface area contributed by atoms with Crippen LogP contribution in [0.5, 0.6) is 0 Å². The van der Waals surface area contributed by atoms with E-state index in [1.807, 2.05) is 6.07 Å². The van der Waals surface area contributed by atoms with Crippen LogP contribution in [-0.4, -0.2) is 35.8 Å². The van der Waals surface area contributed by atoms with Crippen molar-refractivity contribution in [1.29, 1.82) is 0 Å². The van der Waals surface area contributed by atoms with Gasteiger partial charge in [0, 0.05) is 29.1 Å². The number of aromatic nitrogens is 1. The smallest absolute Gasteiger partial charge is 0.162 e. The molecule has 0 saturated carbocycles. The lowest BCUT2D eigenvalue weighted by atomic mass is 9.89. The zero-order chi connectivity index (χ0) is 15.5. The first-order valence-electron chi connectivity index (χ1n) is 8.52. The molecule has 3 rings (SSSR count). The molecule has 1 aromatic carbocycles. The molecular formula is C19H27ClN2O. The molecule has 1 aliphatic heterocycles. The number of benzene rings is 1. The van der Waals surface area contributed by atoms with E-state index in [1.54, 1.807) is 0 Å². The van der Waals surface area contributed by atoms with Crippen LogP contribution in [0.3, 0.4) is 0 Å². The molecule has 126 valence electrons. The van der Waals surface area contributed by atoms with E-state index < -0.39 is 0 Å². The average Bonchev–Trinajstić information content (AvgIpc) is 2.96. The van der Waals surface area contributed by atoms with Crippen molar-refractivity contribution in [2.45, 2.75) is 44.9 Å². The number of hydrogen-bond donors (Lipinski definition) is 1. The molecule has 0 amide bonds. The Morgan fingerprint density at radius 1 is 1.30 bits per heavy atom. The number of hydrogen-bond acceptors (Lipinski definition) is 2. The van der Waals surface area contributed by atoms with Crippen molar-refractivity contribution >= 4 is 29.1 Å². The molecule has 23 heavy (non-hydrogen) atoms. The van der Waals surface area contributed by atoms with Crippen molar-refractivity contribution in [1.82, 2.24) is 9.88 Å². The molecule has 4 heteroatoms. The van der Waals surface area contributed by atoms with Crippen LogP contribution >= 0.6 is 12.4 Å². The number of carbonyl (C=O) groups is 1. The van der Waals surface area contributed by atoms with Crippen LogP contribution < -0.4 is 0 Å². The van der Waals surface area contributed by atoms with Crippen molar-refractivity contribution in [2.24, 2.45) is 0 Å². The van der Waals surface area contributed by atoms with E-state index >= 15 is 0 Å². The molecule has 2 aromatic rings. The topological polar surface area (TPSA) is 36.1 Å². The van der Waals surface area contributed by atoms with Gasteiger partial charge in [0.15, 0.2) is 5.78 Å². The molecule has 2 heterocycles. The maximum Gasteiger partial charge on any atom is 0.162 e. The second-order valence-corrected chi connectivity index (χ2v) is 6.61. The molecule has 1 aliphatic rings. The lowest BCUT2D eigenvalue weighted by Gasteiger charge is -2.28. The fourth-order valence-electron chi connectivity index (χ4n) is 3.45. The number of aromatic amines is 1. The summed E-state index contributed by atoms with van der Waals surface area (Å²) in [6.07, 6.45) is 7.27. The first kappa shape index (κ1) is 18.0. The number of unbranched alkanes of at least 4 members (excludes halogenated alkanes) is 1. The first-order valence-corrected chi connectivity index (χ1v) is 8.52. The summed E-state index contributed by atoms with van der Waals surface area (Å²) >= 11 is 0. The van der Waals surface area contributed by atoms with Crippen molar-refractivity contribution < 1.29 is 4.79 Å². The Labute approximate surface area is 144 Å². The molecule has 1 fully saturated rings. The van der Waals surface area contributed by atoms with Gasteiger partial charge in [-0.15, -0.1) is 12.4 Å². The number of Topliss-reactive ketones (excluding diaryl/α,β-unsaturated/α-hetero) is 1. The van der Waals surface area contributed by atoms with Gasteiger partial charge in [-0.1, -0.05) is 13.3 Å². The van der Waals surface area contributed by atoms with Crippen molar-refractivity contribution in [3.8, 4) is 0 Å². The molecule has 0 radical (unpaired) electrons. The van der Waals surface area contributed by atoms with Gasteiger partial charge in [0.05, 0.1) is 0 Å². The van der Waals surface area contributed by atoms with E-state index in [9.17, 15) is 4.79 Å². The van der Waals surface area contributed by atoms with Gasteiger partial charge in [-0.2, -0.15) is 0 Å². The molecule has 3 nitrogen and oxygen atoms in total. The van der Waals surface area contributed by atoms with Gasteiger partial charge in [-0.25, -0.2) is 0 Å². The Morgan fingerprint density at radius 3 is 2.74 bits per heavy atom. The normalized spacial score (nSPS) is 16.4. The maximum absolute atomic E-state index is 12.3. The average molecular weight is 335 g/mol. The fraction of sp³-hybridized carbons (Fsp3) is 0.526. The highest BCUT2D eigenvalue weighted by atomic mass is 35.5. The van der Waals surface area contributed by atoms with Crippen LogP contribution in [-0.2, 0) is 0 Å². The summed E-state index contributed by atoms with van der Waals surface area (Å²) in [4.78, 5) is 18.1. The number of H-pyrrole nitrogens is 1. The van der Waals surface area contributed by atoms with Crippen LogP contribution in [0, 0.1) is 0 Å². The standard InChI is InChI=1S/C19H26N2O.ClH/c1-3-4-5-19(22)15-6-7-18-16(12-15)17(13-20-18)14-8-10-21(2)11-9-14;/h6-7,12-14,20H,3-5,8-11H2,1-2H3;1H. The zero-order valence-corrected chi connectivity index (χ0v) is 14.9. The minimum atomic E-state index is 0. The highest BCUT2D eigenvalue weighted by Gasteiger charge is 2.21. The number of halogens is 1. The molecular weight excluding hydrogens is 308 g/mol. The number of piperidine rings is 1. The lowest BCUT2D eigenvalue weighted by Crippen LogP contribution is -2.29. The SMILES string of the molecule is CCCCC(=O)c1ccc2[nH]cc(C3CCN(C)CC3)c2c1.Cl. The Kier molecular flexibility index (Phi) is 6.25. The molecule has 0 unspecified atom stereocenters. The number of nitrogens with one attached hydrogen (secondary N) is 1. The number of ketones is 1. The fourth-order valence-corrected chi connectivity index (χ4v) is 3.45. The molecule has 0 aliphatic carbocycles. The minimum absolute atomic E-state index is 0. The lowest BCUT2D eigenvalue weighted by molar-refractivity contribution is 0.0980.